The van der Waals surface area contributed by atoms with Crippen molar-refractivity contribution >= 4 is 44.9 Å². The van der Waals surface area contributed by atoms with Crippen LogP contribution in [0.25, 0.3) is 27.2 Å². The molecule has 1 amide bonds. The summed E-state index contributed by atoms with van der Waals surface area (Å²) in [5.41, 5.74) is 3.90. The second-order valence-electron chi connectivity index (χ2n) is 15.7. The fraction of sp³-hybridized carbons (Fsp3) is 0.439. The number of carbonyl (C=O) groups is 2. The summed E-state index contributed by atoms with van der Waals surface area (Å²) in [6.07, 6.45) is 7.64. The standard InChI is InChI=1S/C41H45N9O5/c1-23(2)38-33-19-28(9-11-30(33)40(53)48(46-38)20-36(51)43-34-12-13-35-44-42-22-50(35)45-34)29-16-25(17-29)14-15-55-37(52)21-49-41(54)31-10-8-27(26-6-5-7-26)18-32(31)39(47-49)24(3)4/h8-13,18-19,22-26,29H,5-7,14-17,20-21H2,1-4H3,(H,43,45,51). The van der Waals surface area contributed by atoms with Crippen LogP contribution in [0.2, 0.25) is 0 Å². The van der Waals surface area contributed by atoms with E-state index in [2.05, 4.69) is 56.8 Å². The SMILES string of the molecule is CC(C)c1nn(CC(=O)Nc2ccc3nncn3n2)c(=O)c2ccc(C3CC(CCOC(=O)Cn4nc(C(C)C)c5cc(C6CCC6)ccc5c4=O)C3)cc12. The highest BCUT2D eigenvalue weighted by Crippen LogP contribution is 2.44. The predicted octanol–water partition coefficient (Wildman–Crippen LogP) is 5.82. The van der Waals surface area contributed by atoms with Crippen molar-refractivity contribution in [2.45, 2.75) is 103 Å². The number of hydrogen-bond donors (Lipinski definition) is 1. The number of ether oxygens (including phenoxy) is 1. The van der Waals surface area contributed by atoms with Crippen molar-refractivity contribution in [1.82, 2.24) is 39.4 Å². The maximum Gasteiger partial charge on any atom is 0.327 e. The van der Waals surface area contributed by atoms with Crippen molar-refractivity contribution in [2.24, 2.45) is 5.92 Å². The van der Waals surface area contributed by atoms with Crippen LogP contribution in [0.4, 0.5) is 5.82 Å². The van der Waals surface area contributed by atoms with Crippen LogP contribution in [-0.4, -0.2) is 57.9 Å². The molecular weight excluding hydrogens is 699 g/mol. The Balaban J connectivity index is 0.875. The minimum Gasteiger partial charge on any atom is -0.464 e. The van der Waals surface area contributed by atoms with Crippen LogP contribution in [0.5, 0.6) is 0 Å². The summed E-state index contributed by atoms with van der Waals surface area (Å²) in [6.45, 7) is 7.93. The molecule has 55 heavy (non-hydrogen) atoms. The highest BCUT2D eigenvalue weighted by molar-refractivity contribution is 5.90. The van der Waals surface area contributed by atoms with Gasteiger partial charge >= 0.3 is 5.97 Å². The lowest BCUT2D eigenvalue weighted by Gasteiger charge is -2.36. The van der Waals surface area contributed by atoms with E-state index in [4.69, 9.17) is 4.74 Å². The molecule has 1 N–H and O–H groups in total. The second kappa shape index (κ2) is 14.8. The number of carbonyl (C=O) groups excluding carboxylic acids is 2. The van der Waals surface area contributed by atoms with Gasteiger partial charge in [0.1, 0.15) is 19.4 Å². The molecule has 0 spiro atoms. The smallest absolute Gasteiger partial charge is 0.327 e. The minimum atomic E-state index is -0.470. The van der Waals surface area contributed by atoms with Crippen LogP contribution in [0, 0.1) is 5.92 Å². The number of esters is 1. The van der Waals surface area contributed by atoms with Gasteiger partial charge in [0.25, 0.3) is 11.1 Å². The highest BCUT2D eigenvalue weighted by Gasteiger charge is 2.31. The van der Waals surface area contributed by atoms with Crippen LogP contribution in [0.1, 0.15) is 112 Å². The Bertz CT molecular complexity index is 2560. The summed E-state index contributed by atoms with van der Waals surface area (Å²) in [7, 11) is 0. The van der Waals surface area contributed by atoms with E-state index in [1.54, 1.807) is 12.1 Å². The van der Waals surface area contributed by atoms with Gasteiger partial charge in [-0.05, 0) is 109 Å². The number of nitrogens with one attached hydrogen (secondary N) is 1. The summed E-state index contributed by atoms with van der Waals surface area (Å²) < 4.78 is 9.53. The third-order valence-corrected chi connectivity index (χ3v) is 11.2. The lowest BCUT2D eigenvalue weighted by Crippen LogP contribution is -2.31. The van der Waals surface area contributed by atoms with E-state index in [-0.39, 0.29) is 42.7 Å². The zero-order valence-electron chi connectivity index (χ0n) is 31.6. The predicted molar refractivity (Wildman–Crippen MR) is 207 cm³/mol. The van der Waals surface area contributed by atoms with Gasteiger partial charge < -0.3 is 10.1 Å². The van der Waals surface area contributed by atoms with E-state index in [9.17, 15) is 19.2 Å². The van der Waals surface area contributed by atoms with Crippen molar-refractivity contribution in [1.29, 1.82) is 0 Å². The normalized spacial score (nSPS) is 17.2. The van der Waals surface area contributed by atoms with Gasteiger partial charge in [-0.15, -0.1) is 15.3 Å². The Kier molecular flexibility index (Phi) is 9.74. The van der Waals surface area contributed by atoms with E-state index in [0.717, 1.165) is 47.0 Å². The molecule has 284 valence electrons. The first-order valence-corrected chi connectivity index (χ1v) is 19.2. The van der Waals surface area contributed by atoms with E-state index in [1.807, 2.05) is 38.1 Å². The molecule has 0 unspecified atom stereocenters. The quantitative estimate of drug-likeness (QED) is 0.151. The van der Waals surface area contributed by atoms with Crippen LogP contribution in [0.3, 0.4) is 0 Å². The van der Waals surface area contributed by atoms with Crippen LogP contribution < -0.4 is 16.4 Å². The average molecular weight is 744 g/mol. The summed E-state index contributed by atoms with van der Waals surface area (Å²) in [5, 5.41) is 26.7. The Morgan fingerprint density at radius 2 is 1.40 bits per heavy atom. The van der Waals surface area contributed by atoms with Gasteiger partial charge in [-0.1, -0.05) is 46.2 Å². The second-order valence-corrected chi connectivity index (χ2v) is 15.7. The third-order valence-electron chi connectivity index (χ3n) is 11.2. The molecule has 2 fully saturated rings. The van der Waals surface area contributed by atoms with E-state index >= 15 is 0 Å². The number of benzene rings is 2. The summed E-state index contributed by atoms with van der Waals surface area (Å²) >= 11 is 0. The van der Waals surface area contributed by atoms with E-state index < -0.39 is 11.9 Å². The minimum absolute atomic E-state index is 0.0109. The molecule has 14 nitrogen and oxygen atoms in total. The molecule has 6 aromatic rings. The Labute approximate surface area is 316 Å². The highest BCUT2D eigenvalue weighted by atomic mass is 16.5. The lowest BCUT2D eigenvalue weighted by molar-refractivity contribution is -0.145. The van der Waals surface area contributed by atoms with Crippen LogP contribution in [0.15, 0.2) is 64.4 Å². The molecule has 0 atom stereocenters. The van der Waals surface area contributed by atoms with Gasteiger partial charge in [-0.25, -0.2) is 9.36 Å². The number of nitrogens with zero attached hydrogens (tertiary/aromatic N) is 8. The largest absolute Gasteiger partial charge is 0.464 e. The molecule has 4 heterocycles. The van der Waals surface area contributed by atoms with Gasteiger partial charge in [0, 0.05) is 10.8 Å². The first-order valence-electron chi connectivity index (χ1n) is 19.2. The molecule has 8 rings (SSSR count). The topological polar surface area (TPSA) is 168 Å². The zero-order chi connectivity index (χ0) is 38.4. The maximum atomic E-state index is 13.5. The molecule has 2 aromatic carbocycles. The number of amides is 1. The lowest BCUT2D eigenvalue weighted by atomic mass is 9.70. The Morgan fingerprint density at radius 3 is 2.00 bits per heavy atom. The van der Waals surface area contributed by atoms with Gasteiger partial charge in [-0.3, -0.25) is 19.2 Å². The summed E-state index contributed by atoms with van der Waals surface area (Å²) in [4.78, 5) is 52.7. The molecule has 0 aliphatic heterocycles. The molecule has 0 radical (unpaired) electrons. The number of anilines is 1. The summed E-state index contributed by atoms with van der Waals surface area (Å²) in [5.74, 6) is 0.770. The molecule has 0 saturated heterocycles. The Morgan fingerprint density at radius 1 is 0.782 bits per heavy atom. The Hall–Kier alpha value is -5.79. The fourth-order valence-electron chi connectivity index (χ4n) is 7.84. The molecule has 4 aromatic heterocycles. The van der Waals surface area contributed by atoms with Gasteiger partial charge in [0.15, 0.2) is 11.5 Å². The summed E-state index contributed by atoms with van der Waals surface area (Å²) in [6, 6.07) is 15.3. The molecule has 2 aliphatic carbocycles. The molecule has 2 saturated carbocycles. The average Bonchev–Trinajstić information content (AvgIpc) is 3.58. The van der Waals surface area contributed by atoms with Crippen LogP contribution >= 0.6 is 0 Å². The van der Waals surface area contributed by atoms with E-state index in [1.165, 1.54) is 45.0 Å². The first kappa shape index (κ1) is 36.2. The molecule has 0 bridgehead atoms. The first-order chi connectivity index (χ1) is 26.5. The number of fused-ring (bicyclic) bond motifs is 3. The van der Waals surface area contributed by atoms with Gasteiger partial charge in [0.05, 0.1) is 28.8 Å². The zero-order valence-corrected chi connectivity index (χ0v) is 31.6. The molecule has 2 aliphatic rings. The van der Waals surface area contributed by atoms with Crippen molar-refractivity contribution in [2.75, 3.05) is 11.9 Å². The van der Waals surface area contributed by atoms with Crippen molar-refractivity contribution in [3.05, 3.63) is 98.1 Å². The van der Waals surface area contributed by atoms with Crippen LogP contribution in [-0.2, 0) is 27.4 Å². The maximum absolute atomic E-state index is 13.5. The monoisotopic (exact) mass is 743 g/mol. The molecular formula is C41H45N9O5. The number of rotatable bonds is 12. The van der Waals surface area contributed by atoms with E-state index in [0.29, 0.717) is 40.0 Å². The van der Waals surface area contributed by atoms with Crippen molar-refractivity contribution < 1.29 is 14.3 Å². The number of aromatic nitrogens is 8. The number of hydrogen-bond acceptors (Lipinski definition) is 10. The third kappa shape index (κ3) is 7.24. The molecule has 14 heteroatoms. The van der Waals surface area contributed by atoms with Gasteiger partial charge in [-0.2, -0.15) is 14.7 Å². The van der Waals surface area contributed by atoms with Crippen molar-refractivity contribution in [3.63, 3.8) is 0 Å². The van der Waals surface area contributed by atoms with Gasteiger partial charge in [0.2, 0.25) is 5.91 Å². The van der Waals surface area contributed by atoms with Crippen molar-refractivity contribution in [3.8, 4) is 0 Å². The fourth-order valence-corrected chi connectivity index (χ4v) is 7.84.